The Morgan fingerprint density at radius 2 is 2.05 bits per heavy atom. The number of thiophene rings is 1. The number of nitrogens with zero attached hydrogens (tertiary/aromatic N) is 1. The van der Waals surface area contributed by atoms with E-state index in [1.807, 2.05) is 0 Å². The van der Waals surface area contributed by atoms with Gasteiger partial charge in [-0.15, -0.1) is 11.3 Å². The molecule has 2 aromatic rings. The van der Waals surface area contributed by atoms with Crippen molar-refractivity contribution < 1.29 is 0 Å². The Balaban J connectivity index is 2.22. The highest BCUT2D eigenvalue weighted by Gasteiger charge is 2.21. The molecular weight excluding hydrogens is 312 g/mol. The summed E-state index contributed by atoms with van der Waals surface area (Å²) in [6.45, 7) is 0.293. The highest BCUT2D eigenvalue weighted by atomic mass is 32.1. The summed E-state index contributed by atoms with van der Waals surface area (Å²) in [6.07, 6.45) is 4.23. The van der Waals surface area contributed by atoms with Crippen LogP contribution in [0.2, 0.25) is 0 Å². The van der Waals surface area contributed by atoms with Crippen molar-refractivity contribution in [3.05, 3.63) is 31.3 Å². The molecule has 4 nitrogen and oxygen atoms in total. The summed E-state index contributed by atoms with van der Waals surface area (Å²) in [5.74, 6) is 0.523. The molecule has 108 valence electrons. The van der Waals surface area contributed by atoms with Crippen LogP contribution in [0.5, 0.6) is 0 Å². The summed E-state index contributed by atoms with van der Waals surface area (Å²) >= 11 is 10.0. The molecular formula is C13H16N2O2S3. The van der Waals surface area contributed by atoms with Crippen LogP contribution in [-0.2, 0) is 19.4 Å². The molecule has 20 heavy (non-hydrogen) atoms. The molecule has 0 aliphatic heterocycles. The monoisotopic (exact) mass is 328 g/mol. The highest BCUT2D eigenvalue weighted by molar-refractivity contribution is 7.84. The van der Waals surface area contributed by atoms with Crippen LogP contribution >= 0.6 is 36.6 Å². The Kier molecular flexibility index (Phi) is 4.01. The molecule has 7 heteroatoms. The van der Waals surface area contributed by atoms with Crippen LogP contribution < -0.4 is 11.2 Å². The number of aromatic nitrogens is 2. The van der Waals surface area contributed by atoms with Crippen LogP contribution in [0.25, 0.3) is 10.2 Å². The number of hydrogen-bond donors (Lipinski definition) is 3. The molecule has 0 unspecified atom stereocenters. The van der Waals surface area contributed by atoms with Crippen LogP contribution in [0.1, 0.15) is 23.3 Å². The van der Waals surface area contributed by atoms with E-state index in [-0.39, 0.29) is 16.5 Å². The molecule has 0 radical (unpaired) electrons. The Morgan fingerprint density at radius 3 is 2.80 bits per heavy atom. The van der Waals surface area contributed by atoms with E-state index in [0.717, 1.165) is 36.1 Å². The molecule has 0 spiro atoms. The molecule has 3 rings (SSSR count). The van der Waals surface area contributed by atoms with Crippen LogP contribution in [0.4, 0.5) is 0 Å². The molecule has 0 bridgehead atoms. The summed E-state index contributed by atoms with van der Waals surface area (Å²) < 4.78 is 1.26. The zero-order chi connectivity index (χ0) is 14.3. The lowest BCUT2D eigenvalue weighted by Gasteiger charge is -2.11. The van der Waals surface area contributed by atoms with Gasteiger partial charge in [0.15, 0.2) is 0 Å². The lowest BCUT2D eigenvalue weighted by molar-refractivity contribution is 0.638. The van der Waals surface area contributed by atoms with Crippen molar-refractivity contribution in [1.29, 1.82) is 0 Å². The zero-order valence-corrected chi connectivity index (χ0v) is 13.5. The third-order valence-corrected chi connectivity index (χ3v) is 5.98. The van der Waals surface area contributed by atoms with Gasteiger partial charge in [0.25, 0.3) is 5.56 Å². The smallest absolute Gasteiger partial charge is 0.298 e. The van der Waals surface area contributed by atoms with E-state index >= 15 is 0 Å². The first-order valence-corrected chi connectivity index (χ1v) is 8.64. The first kappa shape index (κ1) is 14.3. The van der Waals surface area contributed by atoms with Crippen LogP contribution in [0, 0.1) is 0 Å². The SMILES string of the molecule is O=c1[nH]c2sc3c(c2c(=O)n1C[C@@H](S)CS)CCCC3. The van der Waals surface area contributed by atoms with Gasteiger partial charge in [-0.05, 0) is 31.2 Å². The van der Waals surface area contributed by atoms with E-state index in [0.29, 0.717) is 17.7 Å². The topological polar surface area (TPSA) is 54.9 Å². The predicted molar refractivity (Wildman–Crippen MR) is 90.0 cm³/mol. The van der Waals surface area contributed by atoms with Crippen LogP contribution in [0.15, 0.2) is 9.59 Å². The van der Waals surface area contributed by atoms with Gasteiger partial charge in [0, 0.05) is 22.4 Å². The van der Waals surface area contributed by atoms with Crippen molar-refractivity contribution in [2.24, 2.45) is 0 Å². The summed E-state index contributed by atoms with van der Waals surface area (Å²) in [5.41, 5.74) is 0.624. The molecule has 1 aliphatic carbocycles. The number of fused-ring (bicyclic) bond motifs is 3. The number of nitrogens with one attached hydrogen (secondary N) is 1. The molecule has 0 aromatic carbocycles. The van der Waals surface area contributed by atoms with E-state index < -0.39 is 0 Å². The summed E-state index contributed by atoms with van der Waals surface area (Å²) in [5, 5.41) is 0.605. The molecule has 0 amide bonds. The van der Waals surface area contributed by atoms with Crippen molar-refractivity contribution >= 4 is 46.8 Å². The van der Waals surface area contributed by atoms with Gasteiger partial charge in [-0.25, -0.2) is 4.79 Å². The molecule has 1 N–H and O–H groups in total. The Morgan fingerprint density at radius 1 is 1.30 bits per heavy atom. The molecule has 2 heterocycles. The second kappa shape index (κ2) is 5.61. The predicted octanol–water partition coefficient (Wildman–Crippen LogP) is 1.86. The zero-order valence-electron chi connectivity index (χ0n) is 10.9. The van der Waals surface area contributed by atoms with E-state index in [9.17, 15) is 9.59 Å². The molecule has 0 fully saturated rings. The molecule has 1 aliphatic rings. The van der Waals surface area contributed by atoms with Gasteiger partial charge in [0.05, 0.1) is 5.39 Å². The van der Waals surface area contributed by atoms with E-state index in [2.05, 4.69) is 30.2 Å². The third-order valence-electron chi connectivity index (χ3n) is 3.70. The number of H-pyrrole nitrogens is 1. The maximum Gasteiger partial charge on any atom is 0.329 e. The maximum atomic E-state index is 12.6. The quantitative estimate of drug-likeness (QED) is 0.753. The fourth-order valence-corrected chi connectivity index (χ4v) is 4.26. The van der Waals surface area contributed by atoms with Gasteiger partial charge in [0.1, 0.15) is 4.83 Å². The van der Waals surface area contributed by atoms with E-state index in [1.165, 1.54) is 9.44 Å². The first-order chi connectivity index (χ1) is 9.61. The number of hydrogen-bond acceptors (Lipinski definition) is 5. The Hall–Kier alpha value is -0.660. The van der Waals surface area contributed by atoms with Crippen LogP contribution in [0.3, 0.4) is 0 Å². The standard InChI is InChI=1S/C13H16N2O2S3/c16-12-10-8-3-1-2-4-9(8)20-11(10)14-13(17)15(12)5-7(19)6-18/h7,18-19H,1-6H2,(H,14,17)/t7-/m1/s1. The van der Waals surface area contributed by atoms with Gasteiger partial charge in [-0.1, -0.05) is 0 Å². The van der Waals surface area contributed by atoms with Crippen molar-refractivity contribution in [1.82, 2.24) is 9.55 Å². The number of thiol groups is 2. The minimum Gasteiger partial charge on any atom is -0.298 e. The van der Waals surface area contributed by atoms with Crippen LogP contribution in [-0.4, -0.2) is 20.6 Å². The van der Waals surface area contributed by atoms with Gasteiger partial charge in [-0.3, -0.25) is 14.3 Å². The number of aryl methyl sites for hydroxylation is 2. The van der Waals surface area contributed by atoms with Crippen molar-refractivity contribution in [2.75, 3.05) is 5.75 Å². The van der Waals surface area contributed by atoms with Gasteiger partial charge in [0.2, 0.25) is 0 Å². The first-order valence-electron chi connectivity index (χ1n) is 6.68. The Labute approximate surface area is 131 Å². The molecule has 2 aromatic heterocycles. The van der Waals surface area contributed by atoms with Gasteiger partial charge >= 0.3 is 5.69 Å². The van der Waals surface area contributed by atoms with E-state index in [1.54, 1.807) is 11.3 Å². The maximum absolute atomic E-state index is 12.6. The summed E-state index contributed by atoms with van der Waals surface area (Å²) in [7, 11) is 0. The normalized spacial score (nSPS) is 16.3. The van der Waals surface area contributed by atoms with Crippen molar-refractivity contribution in [3.63, 3.8) is 0 Å². The summed E-state index contributed by atoms with van der Waals surface area (Å²) in [4.78, 5) is 29.5. The molecule has 0 saturated heterocycles. The van der Waals surface area contributed by atoms with Crippen molar-refractivity contribution in [2.45, 2.75) is 37.5 Å². The fraction of sp³-hybridized carbons (Fsp3) is 0.538. The highest BCUT2D eigenvalue weighted by Crippen LogP contribution is 2.32. The summed E-state index contributed by atoms with van der Waals surface area (Å²) in [6, 6.07) is 0. The van der Waals surface area contributed by atoms with E-state index in [4.69, 9.17) is 0 Å². The van der Waals surface area contributed by atoms with Crippen molar-refractivity contribution in [3.8, 4) is 0 Å². The number of rotatable bonds is 3. The third kappa shape index (κ3) is 2.35. The lowest BCUT2D eigenvalue weighted by Crippen LogP contribution is -2.37. The van der Waals surface area contributed by atoms with Gasteiger partial charge in [-0.2, -0.15) is 25.3 Å². The minimum atomic E-state index is -0.345. The second-order valence-corrected chi connectivity index (χ2v) is 7.30. The average molecular weight is 328 g/mol. The van der Waals surface area contributed by atoms with Gasteiger partial charge < -0.3 is 0 Å². The fourth-order valence-electron chi connectivity index (χ4n) is 2.71. The Bertz CT molecular complexity index is 759. The number of aromatic amines is 1. The molecule has 0 saturated carbocycles. The second-order valence-electron chi connectivity index (χ2n) is 5.10. The largest absolute Gasteiger partial charge is 0.329 e. The molecule has 1 atom stereocenters. The average Bonchev–Trinajstić information content (AvgIpc) is 2.81. The lowest BCUT2D eigenvalue weighted by atomic mass is 9.97. The minimum absolute atomic E-state index is 0.107.